The molecule has 1 aromatic rings. The summed E-state index contributed by atoms with van der Waals surface area (Å²) in [5.41, 5.74) is 1.19. The molecule has 0 radical (unpaired) electrons. The highest BCUT2D eigenvalue weighted by atomic mass is 16.7. The minimum atomic E-state index is 0.346. The Labute approximate surface area is 127 Å². The van der Waals surface area contributed by atoms with Gasteiger partial charge >= 0.3 is 0 Å². The van der Waals surface area contributed by atoms with Crippen LogP contribution in [0.15, 0.2) is 18.2 Å². The van der Waals surface area contributed by atoms with Crippen LogP contribution in [-0.4, -0.2) is 37.4 Å². The molecule has 1 fully saturated rings. The zero-order valence-corrected chi connectivity index (χ0v) is 12.9. The zero-order chi connectivity index (χ0) is 14.5. The van der Waals surface area contributed by atoms with Gasteiger partial charge < -0.3 is 19.7 Å². The Bertz CT molecular complexity index is 464. The molecule has 0 amide bonds. The predicted molar refractivity (Wildman–Crippen MR) is 83.8 cm³/mol. The van der Waals surface area contributed by atoms with Crippen molar-refractivity contribution in [1.82, 2.24) is 10.2 Å². The Morgan fingerprint density at radius 2 is 2.24 bits per heavy atom. The highest BCUT2D eigenvalue weighted by Gasteiger charge is 2.18. The highest BCUT2D eigenvalue weighted by molar-refractivity contribution is 5.48. The molecule has 1 N–H and O–H groups in total. The number of ether oxygens (including phenoxy) is 2. The van der Waals surface area contributed by atoms with Gasteiger partial charge in [0.1, 0.15) is 0 Å². The second-order valence-electron chi connectivity index (χ2n) is 6.06. The average molecular weight is 290 g/mol. The van der Waals surface area contributed by atoms with Crippen molar-refractivity contribution in [1.29, 1.82) is 0 Å². The second kappa shape index (κ2) is 7.14. The van der Waals surface area contributed by atoms with E-state index in [0.29, 0.717) is 6.79 Å². The van der Waals surface area contributed by atoms with E-state index in [1.807, 2.05) is 12.1 Å². The third-order valence-electron chi connectivity index (χ3n) is 4.53. The molecular weight excluding hydrogens is 264 g/mol. The summed E-state index contributed by atoms with van der Waals surface area (Å²) in [6.07, 6.45) is 5.33. The molecule has 1 saturated heterocycles. The molecule has 2 aliphatic heterocycles. The molecule has 1 atom stereocenters. The van der Waals surface area contributed by atoms with Crippen molar-refractivity contribution in [2.24, 2.45) is 0 Å². The van der Waals surface area contributed by atoms with E-state index in [1.165, 1.54) is 44.3 Å². The molecule has 1 unspecified atom stereocenters. The molecule has 0 aliphatic carbocycles. The Morgan fingerprint density at radius 3 is 3.14 bits per heavy atom. The van der Waals surface area contributed by atoms with Crippen molar-refractivity contribution in [3.8, 4) is 11.5 Å². The lowest BCUT2D eigenvalue weighted by Gasteiger charge is -2.33. The standard InChI is InChI=1S/C17H26N2O2/c1-14-6-2-3-10-19(14)11-5-9-18-12-15-7-4-8-16-17(15)21-13-20-16/h4,7-8,14,18H,2-3,5-6,9-13H2,1H3. The number of nitrogens with zero attached hydrogens (tertiary/aromatic N) is 1. The van der Waals surface area contributed by atoms with Gasteiger partial charge in [0.25, 0.3) is 0 Å². The molecule has 0 bridgehead atoms. The van der Waals surface area contributed by atoms with Gasteiger partial charge in [-0.15, -0.1) is 0 Å². The van der Waals surface area contributed by atoms with Crippen LogP contribution in [0.2, 0.25) is 0 Å². The van der Waals surface area contributed by atoms with Gasteiger partial charge in [-0.05, 0) is 51.9 Å². The van der Waals surface area contributed by atoms with Crippen LogP contribution in [0.1, 0.15) is 38.2 Å². The van der Waals surface area contributed by atoms with Gasteiger partial charge in [-0.25, -0.2) is 0 Å². The van der Waals surface area contributed by atoms with E-state index in [1.54, 1.807) is 0 Å². The lowest BCUT2D eigenvalue weighted by Crippen LogP contribution is -2.38. The fourth-order valence-corrected chi connectivity index (χ4v) is 3.25. The molecule has 0 saturated carbocycles. The first-order valence-corrected chi connectivity index (χ1v) is 8.17. The van der Waals surface area contributed by atoms with E-state index in [4.69, 9.17) is 9.47 Å². The van der Waals surface area contributed by atoms with E-state index in [-0.39, 0.29) is 0 Å². The third kappa shape index (κ3) is 3.69. The Morgan fingerprint density at radius 1 is 1.29 bits per heavy atom. The number of rotatable bonds is 6. The van der Waals surface area contributed by atoms with Crippen molar-refractivity contribution < 1.29 is 9.47 Å². The summed E-state index contributed by atoms with van der Waals surface area (Å²) in [7, 11) is 0. The molecule has 3 rings (SSSR count). The maximum Gasteiger partial charge on any atom is 0.231 e. The molecule has 4 heteroatoms. The molecule has 2 aliphatic rings. The van der Waals surface area contributed by atoms with Gasteiger partial charge in [-0.3, -0.25) is 0 Å². The Hall–Kier alpha value is -1.26. The first kappa shape index (κ1) is 14.7. The maximum absolute atomic E-state index is 5.53. The number of nitrogens with one attached hydrogen (secondary N) is 1. The number of hydrogen-bond donors (Lipinski definition) is 1. The summed E-state index contributed by atoms with van der Waals surface area (Å²) in [5, 5.41) is 3.52. The van der Waals surface area contributed by atoms with Gasteiger partial charge in [-0.2, -0.15) is 0 Å². The van der Waals surface area contributed by atoms with Gasteiger partial charge in [0.2, 0.25) is 6.79 Å². The van der Waals surface area contributed by atoms with E-state index in [2.05, 4.69) is 23.2 Å². The van der Waals surface area contributed by atoms with Crippen LogP contribution in [0.25, 0.3) is 0 Å². The summed E-state index contributed by atoms with van der Waals surface area (Å²) in [6.45, 7) is 7.09. The summed E-state index contributed by atoms with van der Waals surface area (Å²) >= 11 is 0. The molecule has 0 aromatic heterocycles. The van der Waals surface area contributed by atoms with Gasteiger partial charge in [-0.1, -0.05) is 18.6 Å². The van der Waals surface area contributed by atoms with Crippen LogP contribution in [0, 0.1) is 0 Å². The van der Waals surface area contributed by atoms with E-state index in [0.717, 1.165) is 30.6 Å². The van der Waals surface area contributed by atoms with Crippen LogP contribution in [0.3, 0.4) is 0 Å². The quantitative estimate of drug-likeness (QED) is 0.817. The molecular formula is C17H26N2O2. The van der Waals surface area contributed by atoms with E-state index < -0.39 is 0 Å². The average Bonchev–Trinajstić information content (AvgIpc) is 2.98. The van der Waals surface area contributed by atoms with Crippen LogP contribution >= 0.6 is 0 Å². The summed E-state index contributed by atoms with van der Waals surface area (Å²) in [5.74, 6) is 1.78. The number of benzene rings is 1. The summed E-state index contributed by atoms with van der Waals surface area (Å²) in [4.78, 5) is 2.63. The fraction of sp³-hybridized carbons (Fsp3) is 0.647. The summed E-state index contributed by atoms with van der Waals surface area (Å²) < 4.78 is 10.9. The van der Waals surface area contributed by atoms with Gasteiger partial charge in [0.15, 0.2) is 11.5 Å². The first-order chi connectivity index (χ1) is 10.3. The molecule has 1 aromatic carbocycles. The number of hydrogen-bond acceptors (Lipinski definition) is 4. The predicted octanol–water partition coefficient (Wildman–Crippen LogP) is 2.77. The van der Waals surface area contributed by atoms with Gasteiger partial charge in [0.05, 0.1) is 0 Å². The minimum absolute atomic E-state index is 0.346. The third-order valence-corrected chi connectivity index (χ3v) is 4.53. The zero-order valence-electron chi connectivity index (χ0n) is 12.9. The van der Waals surface area contributed by atoms with Crippen molar-refractivity contribution in [2.75, 3.05) is 26.4 Å². The van der Waals surface area contributed by atoms with E-state index in [9.17, 15) is 0 Å². The van der Waals surface area contributed by atoms with Crippen molar-refractivity contribution in [3.05, 3.63) is 23.8 Å². The first-order valence-electron chi connectivity index (χ1n) is 8.17. The number of piperidine rings is 1. The molecule has 116 valence electrons. The van der Waals surface area contributed by atoms with Crippen LogP contribution in [-0.2, 0) is 6.54 Å². The lowest BCUT2D eigenvalue weighted by molar-refractivity contribution is 0.159. The van der Waals surface area contributed by atoms with Crippen molar-refractivity contribution in [2.45, 2.75) is 45.2 Å². The second-order valence-corrected chi connectivity index (χ2v) is 6.06. The van der Waals surface area contributed by atoms with Crippen molar-refractivity contribution >= 4 is 0 Å². The smallest absolute Gasteiger partial charge is 0.231 e. The topological polar surface area (TPSA) is 33.7 Å². The normalized spacial score (nSPS) is 21.7. The van der Waals surface area contributed by atoms with Crippen LogP contribution in [0.5, 0.6) is 11.5 Å². The Kier molecular flexibility index (Phi) is 4.99. The SMILES string of the molecule is CC1CCCCN1CCCNCc1cccc2c1OCO2. The highest BCUT2D eigenvalue weighted by Crippen LogP contribution is 2.35. The maximum atomic E-state index is 5.53. The monoisotopic (exact) mass is 290 g/mol. The van der Waals surface area contributed by atoms with Crippen LogP contribution < -0.4 is 14.8 Å². The van der Waals surface area contributed by atoms with Gasteiger partial charge in [0, 0.05) is 18.2 Å². The Balaban J connectivity index is 1.38. The number of fused-ring (bicyclic) bond motifs is 1. The van der Waals surface area contributed by atoms with E-state index >= 15 is 0 Å². The molecule has 4 nitrogen and oxygen atoms in total. The number of likely N-dealkylation sites (tertiary alicyclic amines) is 1. The summed E-state index contributed by atoms with van der Waals surface area (Å²) in [6, 6.07) is 6.86. The lowest BCUT2D eigenvalue weighted by atomic mass is 10.0. The number of para-hydroxylation sites is 1. The largest absolute Gasteiger partial charge is 0.454 e. The molecule has 21 heavy (non-hydrogen) atoms. The van der Waals surface area contributed by atoms with Crippen molar-refractivity contribution in [3.63, 3.8) is 0 Å². The minimum Gasteiger partial charge on any atom is -0.454 e. The molecule has 0 spiro atoms. The molecule has 2 heterocycles. The van der Waals surface area contributed by atoms with Crippen LogP contribution in [0.4, 0.5) is 0 Å². The fourth-order valence-electron chi connectivity index (χ4n) is 3.25.